The second-order valence-corrected chi connectivity index (χ2v) is 5.72. The van der Waals surface area contributed by atoms with Crippen molar-refractivity contribution in [3.8, 4) is 11.5 Å². The molecule has 2 N–H and O–H groups in total. The Morgan fingerprint density at radius 3 is 2.62 bits per heavy atom. The highest BCUT2D eigenvalue weighted by Crippen LogP contribution is 2.31. The summed E-state index contributed by atoms with van der Waals surface area (Å²) in [4.78, 5) is 0. The maximum absolute atomic E-state index is 13.7. The van der Waals surface area contributed by atoms with Crippen molar-refractivity contribution in [2.24, 2.45) is 5.73 Å². The maximum atomic E-state index is 13.7. The Kier molecular flexibility index (Phi) is 5.31. The number of nitrogens with two attached hydrogens (primary N) is 1. The van der Waals surface area contributed by atoms with Crippen molar-refractivity contribution < 1.29 is 13.5 Å². The van der Waals surface area contributed by atoms with Crippen molar-refractivity contribution in [1.82, 2.24) is 0 Å². The lowest BCUT2D eigenvalue weighted by molar-refractivity contribution is 0.430. The standard InChI is InChI=1S/C16H16BrF2NO/c1-2-13(20)8-10-7-11(17)3-6-15(10)21-16-9-12(18)4-5-14(16)19/h3-7,9,13H,2,8,20H2,1H3. The number of rotatable bonds is 5. The fourth-order valence-corrected chi connectivity index (χ4v) is 2.32. The summed E-state index contributed by atoms with van der Waals surface area (Å²) in [5.74, 6) is -0.810. The van der Waals surface area contributed by atoms with E-state index in [1.165, 1.54) is 0 Å². The molecule has 0 fully saturated rings. The third-order valence-corrected chi connectivity index (χ3v) is 3.64. The molecule has 2 aromatic rings. The van der Waals surface area contributed by atoms with Gasteiger partial charge in [-0.3, -0.25) is 0 Å². The molecule has 1 unspecified atom stereocenters. The van der Waals surface area contributed by atoms with E-state index in [4.69, 9.17) is 10.5 Å². The second kappa shape index (κ2) is 7.00. The van der Waals surface area contributed by atoms with Crippen LogP contribution >= 0.6 is 15.9 Å². The normalized spacial score (nSPS) is 12.2. The number of halogens is 3. The monoisotopic (exact) mass is 355 g/mol. The highest BCUT2D eigenvalue weighted by atomic mass is 79.9. The van der Waals surface area contributed by atoms with Crippen LogP contribution in [0, 0.1) is 11.6 Å². The molecule has 5 heteroatoms. The van der Waals surface area contributed by atoms with E-state index in [1.54, 1.807) is 12.1 Å². The van der Waals surface area contributed by atoms with Crippen LogP contribution in [0.25, 0.3) is 0 Å². The predicted molar refractivity (Wildman–Crippen MR) is 82.5 cm³/mol. The van der Waals surface area contributed by atoms with Crippen molar-refractivity contribution in [2.45, 2.75) is 25.8 Å². The molecule has 21 heavy (non-hydrogen) atoms. The molecular formula is C16H16BrF2NO. The van der Waals surface area contributed by atoms with Gasteiger partial charge in [0.25, 0.3) is 0 Å². The lowest BCUT2D eigenvalue weighted by Crippen LogP contribution is -2.21. The number of hydrogen-bond donors (Lipinski definition) is 1. The van der Waals surface area contributed by atoms with Crippen LogP contribution in [-0.2, 0) is 6.42 Å². The molecular weight excluding hydrogens is 340 g/mol. The van der Waals surface area contributed by atoms with Crippen LogP contribution in [-0.4, -0.2) is 6.04 Å². The molecule has 0 bridgehead atoms. The first kappa shape index (κ1) is 15.9. The lowest BCUT2D eigenvalue weighted by Gasteiger charge is -2.15. The minimum Gasteiger partial charge on any atom is -0.454 e. The third kappa shape index (κ3) is 4.25. The van der Waals surface area contributed by atoms with Gasteiger partial charge in [-0.15, -0.1) is 0 Å². The fourth-order valence-electron chi connectivity index (χ4n) is 1.91. The van der Waals surface area contributed by atoms with E-state index in [1.807, 2.05) is 13.0 Å². The van der Waals surface area contributed by atoms with Gasteiger partial charge in [-0.25, -0.2) is 8.78 Å². The van der Waals surface area contributed by atoms with Gasteiger partial charge in [0.2, 0.25) is 0 Å². The minimum absolute atomic E-state index is 0.0148. The first-order valence-corrected chi connectivity index (χ1v) is 7.45. The average Bonchev–Trinajstić information content (AvgIpc) is 2.45. The zero-order chi connectivity index (χ0) is 15.4. The van der Waals surface area contributed by atoms with E-state index in [9.17, 15) is 8.78 Å². The van der Waals surface area contributed by atoms with Gasteiger partial charge < -0.3 is 10.5 Å². The van der Waals surface area contributed by atoms with Crippen molar-refractivity contribution in [1.29, 1.82) is 0 Å². The molecule has 2 aromatic carbocycles. The van der Waals surface area contributed by atoms with Gasteiger partial charge in [-0.05, 0) is 48.7 Å². The van der Waals surface area contributed by atoms with Gasteiger partial charge in [0, 0.05) is 16.6 Å². The summed E-state index contributed by atoms with van der Waals surface area (Å²) < 4.78 is 33.3. The van der Waals surface area contributed by atoms with Crippen molar-refractivity contribution in [2.75, 3.05) is 0 Å². The number of benzene rings is 2. The summed E-state index contributed by atoms with van der Waals surface area (Å²) in [6.07, 6.45) is 1.42. The average molecular weight is 356 g/mol. The smallest absolute Gasteiger partial charge is 0.165 e. The molecule has 112 valence electrons. The first-order chi connectivity index (χ1) is 9.99. The molecule has 2 rings (SSSR count). The van der Waals surface area contributed by atoms with Gasteiger partial charge in [0.05, 0.1) is 0 Å². The molecule has 1 atom stereocenters. The SMILES string of the molecule is CCC(N)Cc1cc(Br)ccc1Oc1cc(F)ccc1F. The molecule has 0 amide bonds. The Morgan fingerprint density at radius 1 is 1.14 bits per heavy atom. The van der Waals surface area contributed by atoms with Crippen LogP contribution < -0.4 is 10.5 Å². The van der Waals surface area contributed by atoms with E-state index in [0.717, 1.165) is 34.7 Å². The molecule has 0 aliphatic heterocycles. The highest BCUT2D eigenvalue weighted by Gasteiger charge is 2.12. The summed E-state index contributed by atoms with van der Waals surface area (Å²) in [6.45, 7) is 2.00. The minimum atomic E-state index is -0.606. The molecule has 0 aliphatic rings. The van der Waals surface area contributed by atoms with Crippen LogP contribution in [0.4, 0.5) is 8.78 Å². The van der Waals surface area contributed by atoms with Gasteiger partial charge in [-0.1, -0.05) is 22.9 Å². The summed E-state index contributed by atoms with van der Waals surface area (Å²) >= 11 is 3.39. The molecule has 0 saturated carbocycles. The van der Waals surface area contributed by atoms with Crippen LogP contribution in [0.15, 0.2) is 40.9 Å². The molecule has 0 heterocycles. The zero-order valence-corrected chi connectivity index (χ0v) is 13.2. The number of ether oxygens (including phenoxy) is 1. The predicted octanol–water partition coefficient (Wildman–Crippen LogP) is 4.80. The van der Waals surface area contributed by atoms with E-state index in [0.29, 0.717) is 12.2 Å². The van der Waals surface area contributed by atoms with Crippen molar-refractivity contribution in [3.05, 3.63) is 58.1 Å². The maximum Gasteiger partial charge on any atom is 0.165 e. The van der Waals surface area contributed by atoms with Gasteiger partial charge in [0.15, 0.2) is 11.6 Å². The van der Waals surface area contributed by atoms with Crippen molar-refractivity contribution >= 4 is 15.9 Å². The van der Waals surface area contributed by atoms with Crippen LogP contribution in [0.5, 0.6) is 11.5 Å². The van der Waals surface area contributed by atoms with E-state index < -0.39 is 11.6 Å². The Labute approximate surface area is 131 Å². The summed E-state index contributed by atoms with van der Waals surface area (Å²) in [6, 6.07) is 8.49. The molecule has 0 aromatic heterocycles. The Morgan fingerprint density at radius 2 is 1.90 bits per heavy atom. The quantitative estimate of drug-likeness (QED) is 0.835. The lowest BCUT2D eigenvalue weighted by atomic mass is 10.0. The zero-order valence-electron chi connectivity index (χ0n) is 11.6. The molecule has 0 radical (unpaired) electrons. The highest BCUT2D eigenvalue weighted by molar-refractivity contribution is 9.10. The third-order valence-electron chi connectivity index (χ3n) is 3.14. The Hall–Kier alpha value is -1.46. The molecule has 2 nitrogen and oxygen atoms in total. The summed E-state index contributed by atoms with van der Waals surface area (Å²) in [5.41, 5.74) is 6.82. The summed E-state index contributed by atoms with van der Waals surface area (Å²) in [7, 11) is 0. The van der Waals surface area contributed by atoms with Gasteiger partial charge >= 0.3 is 0 Å². The summed E-state index contributed by atoms with van der Waals surface area (Å²) in [5, 5.41) is 0. The van der Waals surface area contributed by atoms with Crippen LogP contribution in [0.2, 0.25) is 0 Å². The molecule has 0 spiro atoms. The second-order valence-electron chi connectivity index (χ2n) is 4.80. The van der Waals surface area contributed by atoms with Crippen molar-refractivity contribution in [3.63, 3.8) is 0 Å². The molecule has 0 aliphatic carbocycles. The molecule has 0 saturated heterocycles. The Balaban J connectivity index is 2.32. The fraction of sp³-hybridized carbons (Fsp3) is 0.250. The number of hydrogen-bond acceptors (Lipinski definition) is 2. The van der Waals surface area contributed by atoms with Crippen LogP contribution in [0.3, 0.4) is 0 Å². The van der Waals surface area contributed by atoms with E-state index in [-0.39, 0.29) is 11.8 Å². The van der Waals surface area contributed by atoms with E-state index in [2.05, 4.69) is 15.9 Å². The Bertz CT molecular complexity index is 634. The first-order valence-electron chi connectivity index (χ1n) is 6.66. The van der Waals surface area contributed by atoms with Gasteiger partial charge in [0.1, 0.15) is 11.6 Å². The largest absolute Gasteiger partial charge is 0.454 e. The van der Waals surface area contributed by atoms with Crippen LogP contribution in [0.1, 0.15) is 18.9 Å². The van der Waals surface area contributed by atoms with E-state index >= 15 is 0 Å². The topological polar surface area (TPSA) is 35.2 Å². The van der Waals surface area contributed by atoms with Gasteiger partial charge in [-0.2, -0.15) is 0 Å².